The molecule has 6 nitrogen and oxygen atoms in total. The molecule has 0 aliphatic heterocycles. The van der Waals surface area contributed by atoms with Gasteiger partial charge in [-0.15, -0.1) is 5.10 Å². The van der Waals surface area contributed by atoms with E-state index in [-0.39, 0.29) is 0 Å². The van der Waals surface area contributed by atoms with Gasteiger partial charge in [0.1, 0.15) is 11.4 Å². The van der Waals surface area contributed by atoms with E-state index in [4.69, 9.17) is 16.3 Å². The first kappa shape index (κ1) is 17.8. The lowest BCUT2D eigenvalue weighted by Crippen LogP contribution is -2.03. The van der Waals surface area contributed by atoms with Gasteiger partial charge in [-0.25, -0.2) is 0 Å². The number of halogens is 1. The van der Waals surface area contributed by atoms with Crippen LogP contribution in [0.5, 0.6) is 5.75 Å². The van der Waals surface area contributed by atoms with Gasteiger partial charge in [0.05, 0.1) is 12.1 Å². The van der Waals surface area contributed by atoms with Crippen molar-refractivity contribution >= 4 is 34.3 Å². The molecule has 0 radical (unpaired) electrons. The summed E-state index contributed by atoms with van der Waals surface area (Å²) in [6, 6.07) is 15.5. The van der Waals surface area contributed by atoms with Crippen molar-refractivity contribution in [2.45, 2.75) is 17.8 Å². The lowest BCUT2D eigenvalue weighted by molar-refractivity contribution is 0.337. The zero-order valence-corrected chi connectivity index (χ0v) is 16.1. The molecule has 0 atom stereocenters. The second-order valence-electron chi connectivity index (χ2n) is 5.66. The van der Waals surface area contributed by atoms with Gasteiger partial charge in [0.25, 0.3) is 0 Å². The van der Waals surface area contributed by atoms with E-state index in [0.717, 1.165) is 27.9 Å². The molecule has 27 heavy (non-hydrogen) atoms. The molecule has 4 aromatic rings. The predicted molar refractivity (Wildman–Crippen MR) is 107 cm³/mol. The Hall–Kier alpha value is -2.64. The van der Waals surface area contributed by atoms with Crippen molar-refractivity contribution in [1.29, 1.82) is 0 Å². The zero-order valence-electron chi connectivity index (χ0n) is 14.5. The lowest BCUT2D eigenvalue weighted by atomic mass is 10.1. The van der Waals surface area contributed by atoms with Crippen molar-refractivity contribution in [3.05, 3.63) is 65.3 Å². The summed E-state index contributed by atoms with van der Waals surface area (Å²) in [4.78, 5) is 4.48. The van der Waals surface area contributed by atoms with Crippen LogP contribution >= 0.6 is 23.4 Å². The maximum absolute atomic E-state index is 6.43. The molecule has 8 heteroatoms. The van der Waals surface area contributed by atoms with Crippen LogP contribution in [-0.2, 0) is 5.75 Å². The van der Waals surface area contributed by atoms with Gasteiger partial charge in [-0.05, 0) is 41.6 Å². The van der Waals surface area contributed by atoms with Gasteiger partial charge in [0, 0.05) is 27.9 Å². The van der Waals surface area contributed by atoms with Crippen molar-refractivity contribution < 1.29 is 4.74 Å². The van der Waals surface area contributed by atoms with Gasteiger partial charge >= 0.3 is 0 Å². The van der Waals surface area contributed by atoms with E-state index in [2.05, 4.69) is 20.5 Å². The highest BCUT2D eigenvalue weighted by atomic mass is 35.5. The topological polar surface area (TPSA) is 65.7 Å². The summed E-state index contributed by atoms with van der Waals surface area (Å²) in [5, 5.41) is 14.5. The lowest BCUT2D eigenvalue weighted by Gasteiger charge is -2.11. The average Bonchev–Trinajstić information content (AvgIpc) is 3.16. The molecule has 0 saturated heterocycles. The number of hydrogen-bond donors (Lipinski definition) is 0. The molecule has 0 N–H and O–H groups in total. The number of rotatable bonds is 6. The summed E-state index contributed by atoms with van der Waals surface area (Å²) in [7, 11) is 0. The predicted octanol–water partition coefficient (Wildman–Crippen LogP) is 4.55. The fourth-order valence-electron chi connectivity index (χ4n) is 2.78. The van der Waals surface area contributed by atoms with Gasteiger partial charge in [-0.1, -0.05) is 47.6 Å². The number of para-hydroxylation sites is 2. The number of ether oxygens (including phenoxy) is 1. The van der Waals surface area contributed by atoms with E-state index in [1.54, 1.807) is 10.9 Å². The fraction of sp³-hybridized carbons (Fsp3) is 0.158. The van der Waals surface area contributed by atoms with E-state index in [1.807, 2.05) is 55.5 Å². The first-order valence-electron chi connectivity index (χ1n) is 8.43. The van der Waals surface area contributed by atoms with Crippen molar-refractivity contribution in [1.82, 2.24) is 25.2 Å². The molecular formula is C19H16ClN5OS. The Morgan fingerprint density at radius 2 is 2.00 bits per heavy atom. The molecule has 0 saturated carbocycles. The third-order valence-corrected chi connectivity index (χ3v) is 5.30. The second kappa shape index (κ2) is 7.94. The minimum absolute atomic E-state index is 0.568. The Labute approximate surface area is 165 Å². The molecule has 0 amide bonds. The van der Waals surface area contributed by atoms with Crippen molar-refractivity contribution in [2.24, 2.45) is 0 Å². The van der Waals surface area contributed by atoms with E-state index in [0.29, 0.717) is 22.5 Å². The highest BCUT2D eigenvalue weighted by Gasteiger charge is 2.15. The Morgan fingerprint density at radius 1 is 1.11 bits per heavy atom. The number of tetrazole rings is 1. The molecule has 0 spiro atoms. The summed E-state index contributed by atoms with van der Waals surface area (Å²) in [6.07, 6.45) is 1.77. The first-order valence-corrected chi connectivity index (χ1v) is 9.79. The summed E-state index contributed by atoms with van der Waals surface area (Å²) in [6.45, 7) is 2.51. The van der Waals surface area contributed by atoms with Crippen LogP contribution in [0.4, 0.5) is 0 Å². The normalized spacial score (nSPS) is 11.0. The molecule has 2 heterocycles. The highest BCUT2D eigenvalue weighted by molar-refractivity contribution is 7.98. The minimum Gasteiger partial charge on any atom is -0.492 e. The van der Waals surface area contributed by atoms with E-state index < -0.39 is 0 Å². The Balaban J connectivity index is 1.65. The quantitative estimate of drug-likeness (QED) is 0.444. The van der Waals surface area contributed by atoms with Crippen LogP contribution in [0.25, 0.3) is 16.6 Å². The van der Waals surface area contributed by atoms with Crippen molar-refractivity contribution in [3.8, 4) is 11.4 Å². The number of aromatic nitrogens is 5. The molecule has 136 valence electrons. The number of fused-ring (bicyclic) bond motifs is 1. The van der Waals surface area contributed by atoms with Gasteiger partial charge in [-0.2, -0.15) is 4.68 Å². The van der Waals surface area contributed by atoms with Crippen molar-refractivity contribution in [2.75, 3.05) is 6.61 Å². The number of benzene rings is 2. The average molecular weight is 398 g/mol. The minimum atomic E-state index is 0.568. The Bertz CT molecular complexity index is 1080. The van der Waals surface area contributed by atoms with E-state index in [9.17, 15) is 0 Å². The molecule has 2 aromatic heterocycles. The van der Waals surface area contributed by atoms with Gasteiger partial charge in [-0.3, -0.25) is 4.98 Å². The number of thioether (sulfide) groups is 1. The summed E-state index contributed by atoms with van der Waals surface area (Å²) >= 11 is 7.94. The molecule has 0 aliphatic rings. The maximum Gasteiger partial charge on any atom is 0.214 e. The molecule has 0 aliphatic carbocycles. The zero-order chi connectivity index (χ0) is 18.6. The van der Waals surface area contributed by atoms with Crippen LogP contribution in [0.1, 0.15) is 12.5 Å². The third kappa shape index (κ3) is 3.61. The van der Waals surface area contributed by atoms with Crippen LogP contribution in [-0.4, -0.2) is 31.8 Å². The number of hydrogen-bond acceptors (Lipinski definition) is 6. The van der Waals surface area contributed by atoms with Gasteiger partial charge < -0.3 is 4.74 Å². The highest BCUT2D eigenvalue weighted by Crippen LogP contribution is 2.32. The summed E-state index contributed by atoms with van der Waals surface area (Å²) in [5.41, 5.74) is 2.66. The van der Waals surface area contributed by atoms with Crippen LogP contribution in [0, 0.1) is 0 Å². The fourth-order valence-corrected chi connectivity index (χ4v) is 4.00. The van der Waals surface area contributed by atoms with Crippen LogP contribution in [0.2, 0.25) is 5.02 Å². The Kier molecular flexibility index (Phi) is 5.22. The maximum atomic E-state index is 6.43. The first-order chi connectivity index (χ1) is 13.3. The SMILES string of the molecule is CCOc1ccccc1-n1nnnc1SCc1c(Cl)ccc2cccnc12. The molecule has 0 bridgehead atoms. The largest absolute Gasteiger partial charge is 0.492 e. The standard InChI is InChI=1S/C19H16ClN5OS/c1-2-26-17-8-4-3-7-16(17)25-19(22-23-24-25)27-12-14-15(20)10-9-13-6-5-11-21-18(13)14/h3-11H,2,12H2,1H3. The van der Waals surface area contributed by atoms with E-state index >= 15 is 0 Å². The van der Waals surface area contributed by atoms with E-state index in [1.165, 1.54) is 11.8 Å². The monoisotopic (exact) mass is 397 g/mol. The van der Waals surface area contributed by atoms with Crippen LogP contribution < -0.4 is 4.74 Å². The molecule has 4 rings (SSSR count). The van der Waals surface area contributed by atoms with Gasteiger partial charge in [0.2, 0.25) is 5.16 Å². The number of pyridine rings is 1. The smallest absolute Gasteiger partial charge is 0.214 e. The van der Waals surface area contributed by atoms with Crippen molar-refractivity contribution in [3.63, 3.8) is 0 Å². The number of nitrogens with zero attached hydrogens (tertiary/aromatic N) is 5. The third-order valence-electron chi connectivity index (χ3n) is 4.00. The second-order valence-corrected chi connectivity index (χ2v) is 7.01. The molecule has 0 unspecified atom stereocenters. The molecule has 0 fully saturated rings. The van der Waals surface area contributed by atoms with Crippen LogP contribution in [0.15, 0.2) is 59.9 Å². The molecule has 2 aromatic carbocycles. The molecular weight excluding hydrogens is 382 g/mol. The Morgan fingerprint density at radius 3 is 2.89 bits per heavy atom. The summed E-state index contributed by atoms with van der Waals surface area (Å²) in [5.74, 6) is 1.34. The van der Waals surface area contributed by atoms with Crippen LogP contribution in [0.3, 0.4) is 0 Å². The summed E-state index contributed by atoms with van der Waals surface area (Å²) < 4.78 is 7.38. The van der Waals surface area contributed by atoms with Gasteiger partial charge in [0.15, 0.2) is 0 Å².